The molecule has 4 aromatic rings. The van der Waals surface area contributed by atoms with E-state index in [0.29, 0.717) is 17.8 Å². The lowest BCUT2D eigenvalue weighted by Gasteiger charge is -2.26. The number of nitrogens with one attached hydrogen (secondary N) is 2. The number of fused-ring (bicyclic) bond motifs is 1. The number of carbonyl (C=O) groups is 2. The van der Waals surface area contributed by atoms with Gasteiger partial charge >= 0.3 is 5.69 Å². The average molecular weight is 472 g/mol. The Bertz CT molecular complexity index is 1520. The molecule has 35 heavy (non-hydrogen) atoms. The molecule has 0 bridgehead atoms. The molecule has 2 aromatic carbocycles. The van der Waals surface area contributed by atoms with Gasteiger partial charge in [-0.2, -0.15) is 0 Å². The predicted octanol–water partition coefficient (Wildman–Crippen LogP) is 3.19. The third-order valence-corrected chi connectivity index (χ3v) is 5.96. The second kappa shape index (κ2) is 9.76. The summed E-state index contributed by atoms with van der Waals surface area (Å²) >= 11 is 0. The number of nitrogens with zero attached hydrogens (tertiary/aromatic N) is 3. The molecule has 0 saturated carbocycles. The van der Waals surface area contributed by atoms with Gasteiger partial charge in [0, 0.05) is 31.0 Å². The molecule has 0 radical (unpaired) electrons. The highest BCUT2D eigenvalue weighted by molar-refractivity contribution is 6.04. The third kappa shape index (κ3) is 4.74. The maximum atomic E-state index is 13.2. The fourth-order valence-electron chi connectivity index (χ4n) is 3.85. The highest BCUT2D eigenvalue weighted by Crippen LogP contribution is 2.24. The summed E-state index contributed by atoms with van der Waals surface area (Å²) in [5, 5.41) is 3.05. The van der Waals surface area contributed by atoms with E-state index in [2.05, 4.69) is 15.3 Å². The van der Waals surface area contributed by atoms with Crippen molar-refractivity contribution in [2.75, 3.05) is 12.4 Å². The van der Waals surface area contributed by atoms with Crippen molar-refractivity contribution in [2.45, 2.75) is 26.4 Å². The quantitative estimate of drug-likeness (QED) is 0.448. The number of aryl methyl sites for hydroxylation is 1. The number of carbonyl (C=O) groups excluding carboxylic acids is 2. The minimum Gasteiger partial charge on any atom is -0.335 e. The lowest BCUT2D eigenvalue weighted by molar-refractivity contribution is 0.0742. The summed E-state index contributed by atoms with van der Waals surface area (Å²) in [6.07, 6.45) is 1.37. The second-order valence-corrected chi connectivity index (χ2v) is 8.14. The predicted molar refractivity (Wildman–Crippen MR) is 134 cm³/mol. The average Bonchev–Trinajstić information content (AvgIpc) is 2.88. The maximum Gasteiger partial charge on any atom is 0.329 e. The van der Waals surface area contributed by atoms with Crippen molar-refractivity contribution in [3.8, 4) is 0 Å². The molecule has 9 heteroatoms. The number of H-pyrrole nitrogens is 1. The molecule has 9 nitrogen and oxygen atoms in total. The van der Waals surface area contributed by atoms with Crippen LogP contribution < -0.4 is 16.6 Å². The Morgan fingerprint density at radius 3 is 2.51 bits per heavy atom. The van der Waals surface area contributed by atoms with Crippen LogP contribution in [0.15, 0.2) is 76.4 Å². The minimum atomic E-state index is -0.589. The number of anilines is 1. The molecule has 0 unspecified atom stereocenters. The van der Waals surface area contributed by atoms with E-state index in [1.165, 1.54) is 21.7 Å². The van der Waals surface area contributed by atoms with Crippen molar-refractivity contribution < 1.29 is 9.59 Å². The molecular weight excluding hydrogens is 446 g/mol. The van der Waals surface area contributed by atoms with Crippen molar-refractivity contribution in [3.05, 3.63) is 104 Å². The van der Waals surface area contributed by atoms with Gasteiger partial charge in [0.2, 0.25) is 0 Å². The van der Waals surface area contributed by atoms with Crippen molar-refractivity contribution in [2.24, 2.45) is 0 Å². The van der Waals surface area contributed by atoms with E-state index < -0.39 is 11.2 Å². The number of hydrogen-bond donors (Lipinski definition) is 2. The van der Waals surface area contributed by atoms with Crippen LogP contribution in [0.5, 0.6) is 0 Å². The number of aromatic amines is 1. The van der Waals surface area contributed by atoms with E-state index in [9.17, 15) is 19.2 Å². The van der Waals surface area contributed by atoms with Gasteiger partial charge in [0.1, 0.15) is 5.65 Å². The Hall–Kier alpha value is -4.53. The summed E-state index contributed by atoms with van der Waals surface area (Å²) in [4.78, 5) is 58.1. The van der Waals surface area contributed by atoms with E-state index in [-0.39, 0.29) is 34.5 Å². The molecule has 2 amide bonds. The second-order valence-electron chi connectivity index (χ2n) is 8.14. The van der Waals surface area contributed by atoms with Gasteiger partial charge in [0.15, 0.2) is 0 Å². The van der Waals surface area contributed by atoms with Crippen LogP contribution in [0.25, 0.3) is 11.0 Å². The monoisotopic (exact) mass is 471 g/mol. The molecule has 0 aliphatic rings. The lowest BCUT2D eigenvalue weighted by atomic mass is 10.1. The molecule has 0 aliphatic heterocycles. The van der Waals surface area contributed by atoms with Crippen LogP contribution in [0, 0.1) is 0 Å². The van der Waals surface area contributed by atoms with E-state index >= 15 is 0 Å². The molecule has 0 fully saturated rings. The van der Waals surface area contributed by atoms with Crippen molar-refractivity contribution in [1.29, 1.82) is 0 Å². The molecule has 2 N–H and O–H groups in total. The topological polar surface area (TPSA) is 117 Å². The summed E-state index contributed by atoms with van der Waals surface area (Å²) < 4.78 is 1.34. The smallest absolute Gasteiger partial charge is 0.329 e. The van der Waals surface area contributed by atoms with Gasteiger partial charge in [-0.1, -0.05) is 30.3 Å². The van der Waals surface area contributed by atoms with Gasteiger partial charge in [-0.25, -0.2) is 9.78 Å². The molecule has 0 saturated heterocycles. The molecule has 0 spiro atoms. The largest absolute Gasteiger partial charge is 0.335 e. The summed E-state index contributed by atoms with van der Waals surface area (Å²) in [6.45, 7) is 3.97. The highest BCUT2D eigenvalue weighted by Gasteiger charge is 2.21. The number of benzene rings is 2. The normalized spacial score (nSPS) is 11.7. The number of amides is 2. The Balaban J connectivity index is 1.57. The minimum absolute atomic E-state index is 0.170. The van der Waals surface area contributed by atoms with E-state index in [4.69, 9.17) is 0 Å². The third-order valence-electron chi connectivity index (χ3n) is 5.96. The molecule has 2 aromatic heterocycles. The summed E-state index contributed by atoms with van der Waals surface area (Å²) in [7, 11) is 1.66. The Morgan fingerprint density at radius 1 is 1.06 bits per heavy atom. The lowest BCUT2D eigenvalue weighted by Crippen LogP contribution is -2.32. The number of aromatic nitrogens is 3. The fourth-order valence-corrected chi connectivity index (χ4v) is 3.85. The van der Waals surface area contributed by atoms with Crippen molar-refractivity contribution >= 4 is 28.5 Å². The van der Waals surface area contributed by atoms with Crippen LogP contribution in [0.2, 0.25) is 0 Å². The van der Waals surface area contributed by atoms with Crippen LogP contribution in [-0.2, 0) is 6.54 Å². The highest BCUT2D eigenvalue weighted by atomic mass is 16.2. The Morgan fingerprint density at radius 2 is 1.80 bits per heavy atom. The standard InChI is InChI=1S/C26H25N5O4/c1-4-31-22-21(24(33)29-26(31)35)14-19(15-27-22)25(34)30(3)16(2)18-11-8-12-20(13-18)28-23(32)17-9-6-5-7-10-17/h5-16H,4H2,1-3H3,(H,28,32)(H,29,33,35)/t16-/m0/s1. The summed E-state index contributed by atoms with van der Waals surface area (Å²) in [5.41, 5.74) is 1.31. The first-order valence-corrected chi connectivity index (χ1v) is 11.2. The SMILES string of the molecule is CCn1c(=O)[nH]c(=O)c2cc(C(=O)N(C)[C@@H](C)c3cccc(NC(=O)c4ccccc4)c3)cnc21. The number of pyridine rings is 1. The summed E-state index contributed by atoms with van der Waals surface area (Å²) in [6, 6.07) is 17.3. The van der Waals surface area contributed by atoms with Gasteiger partial charge in [0.25, 0.3) is 17.4 Å². The van der Waals surface area contributed by atoms with E-state index in [1.807, 2.05) is 31.2 Å². The van der Waals surface area contributed by atoms with Gasteiger partial charge in [-0.15, -0.1) is 0 Å². The van der Waals surface area contributed by atoms with Gasteiger partial charge < -0.3 is 10.2 Å². The van der Waals surface area contributed by atoms with Crippen LogP contribution in [0.4, 0.5) is 5.69 Å². The maximum absolute atomic E-state index is 13.2. The number of hydrogen-bond acceptors (Lipinski definition) is 5. The Kier molecular flexibility index (Phi) is 6.59. The van der Waals surface area contributed by atoms with Gasteiger partial charge in [-0.3, -0.25) is 23.9 Å². The van der Waals surface area contributed by atoms with E-state index in [0.717, 1.165) is 5.56 Å². The number of rotatable bonds is 6. The van der Waals surface area contributed by atoms with Crippen LogP contribution in [0.3, 0.4) is 0 Å². The first-order valence-electron chi connectivity index (χ1n) is 11.2. The first-order chi connectivity index (χ1) is 16.8. The molecule has 0 aliphatic carbocycles. The van der Waals surface area contributed by atoms with Gasteiger partial charge in [0.05, 0.1) is 17.0 Å². The molecule has 2 heterocycles. The van der Waals surface area contributed by atoms with Crippen LogP contribution in [0.1, 0.15) is 46.2 Å². The van der Waals surface area contributed by atoms with Crippen LogP contribution >= 0.6 is 0 Å². The van der Waals surface area contributed by atoms with E-state index in [1.54, 1.807) is 44.3 Å². The Labute approximate surface area is 201 Å². The fraction of sp³-hybridized carbons (Fsp3) is 0.192. The zero-order valence-electron chi connectivity index (χ0n) is 19.6. The van der Waals surface area contributed by atoms with Crippen molar-refractivity contribution in [3.63, 3.8) is 0 Å². The summed E-state index contributed by atoms with van der Waals surface area (Å²) in [5.74, 6) is -0.558. The zero-order chi connectivity index (χ0) is 25.1. The van der Waals surface area contributed by atoms with Crippen molar-refractivity contribution in [1.82, 2.24) is 19.4 Å². The van der Waals surface area contributed by atoms with Crippen LogP contribution in [-0.4, -0.2) is 38.3 Å². The molecule has 4 rings (SSSR count). The molecule has 1 atom stereocenters. The molecule has 178 valence electrons. The first kappa shape index (κ1) is 23.6. The van der Waals surface area contributed by atoms with Gasteiger partial charge in [-0.05, 0) is 49.7 Å². The molecular formula is C26H25N5O4. The zero-order valence-corrected chi connectivity index (χ0v) is 19.6.